The van der Waals surface area contributed by atoms with Crippen LogP contribution in [0.25, 0.3) is 0 Å². The third kappa shape index (κ3) is 5.00. The van der Waals surface area contributed by atoms with E-state index in [9.17, 15) is 8.42 Å². The van der Waals surface area contributed by atoms with Crippen LogP contribution in [0.3, 0.4) is 0 Å². The SMILES string of the molecule is CC(C)C(C)N(C)S(=O)(=O)CCSc1cccc(N)c1. The lowest BCUT2D eigenvalue weighted by Crippen LogP contribution is -2.39. The van der Waals surface area contributed by atoms with Gasteiger partial charge in [-0.2, -0.15) is 0 Å². The standard InChI is InChI=1S/C14H24N2O2S2/c1-11(2)12(3)16(4)20(17,18)9-8-19-14-7-5-6-13(15)10-14/h5-7,10-12H,8-9,15H2,1-4H3. The molecule has 4 nitrogen and oxygen atoms in total. The van der Waals surface area contributed by atoms with E-state index in [2.05, 4.69) is 0 Å². The fraction of sp³-hybridized carbons (Fsp3) is 0.571. The summed E-state index contributed by atoms with van der Waals surface area (Å²) in [5.74, 6) is 0.970. The summed E-state index contributed by atoms with van der Waals surface area (Å²) < 4.78 is 25.9. The quantitative estimate of drug-likeness (QED) is 0.620. The second-order valence-electron chi connectivity index (χ2n) is 5.24. The van der Waals surface area contributed by atoms with Gasteiger partial charge in [0.05, 0.1) is 5.75 Å². The second kappa shape index (κ2) is 7.33. The molecule has 1 unspecified atom stereocenters. The number of nitrogens with two attached hydrogens (primary N) is 1. The molecule has 0 aliphatic carbocycles. The molecule has 0 heterocycles. The maximum absolute atomic E-state index is 12.2. The molecular weight excluding hydrogens is 292 g/mol. The van der Waals surface area contributed by atoms with Gasteiger partial charge in [-0.05, 0) is 31.0 Å². The van der Waals surface area contributed by atoms with Crippen LogP contribution in [0.4, 0.5) is 5.69 Å². The summed E-state index contributed by atoms with van der Waals surface area (Å²) in [6.07, 6.45) is 0. The van der Waals surface area contributed by atoms with E-state index in [-0.39, 0.29) is 11.8 Å². The number of benzene rings is 1. The van der Waals surface area contributed by atoms with Crippen molar-refractivity contribution in [3.05, 3.63) is 24.3 Å². The van der Waals surface area contributed by atoms with Crippen molar-refractivity contribution >= 4 is 27.5 Å². The predicted octanol–water partition coefficient (Wildman–Crippen LogP) is 2.67. The van der Waals surface area contributed by atoms with Crippen molar-refractivity contribution in [2.75, 3.05) is 24.3 Å². The fourth-order valence-corrected chi connectivity index (χ4v) is 4.53. The molecule has 1 aromatic rings. The normalized spacial score (nSPS) is 13.9. The maximum Gasteiger partial charge on any atom is 0.214 e. The van der Waals surface area contributed by atoms with Gasteiger partial charge in [0, 0.05) is 29.4 Å². The molecule has 0 bridgehead atoms. The van der Waals surface area contributed by atoms with E-state index in [0.717, 1.165) is 4.90 Å². The zero-order valence-electron chi connectivity index (χ0n) is 12.5. The molecule has 2 N–H and O–H groups in total. The Morgan fingerprint density at radius 1 is 1.30 bits per heavy atom. The second-order valence-corrected chi connectivity index (χ2v) is 8.55. The topological polar surface area (TPSA) is 63.4 Å². The Bertz CT molecular complexity index is 530. The third-order valence-electron chi connectivity index (χ3n) is 3.45. The largest absolute Gasteiger partial charge is 0.399 e. The molecular formula is C14H24N2O2S2. The van der Waals surface area contributed by atoms with E-state index in [0.29, 0.717) is 17.4 Å². The van der Waals surface area contributed by atoms with Crippen LogP contribution in [-0.2, 0) is 10.0 Å². The fourth-order valence-electron chi connectivity index (χ4n) is 1.69. The van der Waals surface area contributed by atoms with Crippen molar-refractivity contribution in [3.63, 3.8) is 0 Å². The van der Waals surface area contributed by atoms with Gasteiger partial charge in [0.2, 0.25) is 10.0 Å². The van der Waals surface area contributed by atoms with Gasteiger partial charge in [-0.1, -0.05) is 19.9 Å². The molecule has 0 radical (unpaired) electrons. The van der Waals surface area contributed by atoms with Gasteiger partial charge in [-0.25, -0.2) is 12.7 Å². The van der Waals surface area contributed by atoms with Crippen LogP contribution in [0, 0.1) is 5.92 Å². The average Bonchev–Trinajstić information content (AvgIpc) is 2.36. The minimum atomic E-state index is -3.20. The highest BCUT2D eigenvalue weighted by molar-refractivity contribution is 8.00. The van der Waals surface area contributed by atoms with Crippen LogP contribution >= 0.6 is 11.8 Å². The molecule has 6 heteroatoms. The van der Waals surface area contributed by atoms with E-state index in [4.69, 9.17) is 5.73 Å². The van der Waals surface area contributed by atoms with Crippen LogP contribution in [0.15, 0.2) is 29.2 Å². The number of hydrogen-bond acceptors (Lipinski definition) is 4. The number of thioether (sulfide) groups is 1. The average molecular weight is 316 g/mol. The van der Waals surface area contributed by atoms with E-state index >= 15 is 0 Å². The first-order valence-corrected chi connectivity index (χ1v) is 9.27. The van der Waals surface area contributed by atoms with Crippen molar-refractivity contribution in [3.8, 4) is 0 Å². The van der Waals surface area contributed by atoms with Crippen molar-refractivity contribution in [1.82, 2.24) is 4.31 Å². The summed E-state index contributed by atoms with van der Waals surface area (Å²) in [4.78, 5) is 1.000. The summed E-state index contributed by atoms with van der Waals surface area (Å²) in [7, 11) is -1.55. The monoisotopic (exact) mass is 316 g/mol. The van der Waals surface area contributed by atoms with Crippen LogP contribution in [0.2, 0.25) is 0 Å². The molecule has 0 aliphatic heterocycles. The molecule has 1 aromatic carbocycles. The van der Waals surface area contributed by atoms with Gasteiger partial charge in [-0.3, -0.25) is 0 Å². The van der Waals surface area contributed by atoms with Gasteiger partial charge in [-0.15, -0.1) is 11.8 Å². The van der Waals surface area contributed by atoms with Crippen molar-refractivity contribution in [1.29, 1.82) is 0 Å². The van der Waals surface area contributed by atoms with E-state index in [1.807, 2.05) is 45.0 Å². The van der Waals surface area contributed by atoms with E-state index in [1.54, 1.807) is 7.05 Å². The Morgan fingerprint density at radius 2 is 1.95 bits per heavy atom. The summed E-state index contributed by atoms with van der Waals surface area (Å²) in [6.45, 7) is 5.99. The van der Waals surface area contributed by atoms with Crippen molar-refractivity contribution in [2.45, 2.75) is 31.7 Å². The zero-order valence-corrected chi connectivity index (χ0v) is 14.2. The first-order chi connectivity index (χ1) is 9.24. The lowest BCUT2D eigenvalue weighted by molar-refractivity contribution is 0.316. The smallest absolute Gasteiger partial charge is 0.214 e. The van der Waals surface area contributed by atoms with Crippen LogP contribution < -0.4 is 5.73 Å². The Balaban J connectivity index is 2.56. The number of rotatable bonds is 7. The molecule has 0 aliphatic rings. The highest BCUT2D eigenvalue weighted by Gasteiger charge is 2.24. The Kier molecular flexibility index (Phi) is 6.36. The maximum atomic E-state index is 12.2. The number of nitrogen functional groups attached to an aromatic ring is 1. The molecule has 0 amide bonds. The number of hydrogen-bond donors (Lipinski definition) is 1. The summed E-state index contributed by atoms with van der Waals surface area (Å²) in [6, 6.07) is 7.50. The third-order valence-corrected chi connectivity index (χ3v) is 6.63. The molecule has 114 valence electrons. The van der Waals surface area contributed by atoms with Crippen molar-refractivity contribution in [2.24, 2.45) is 5.92 Å². The van der Waals surface area contributed by atoms with E-state index in [1.165, 1.54) is 16.1 Å². The summed E-state index contributed by atoms with van der Waals surface area (Å²) in [5.41, 5.74) is 6.40. The molecule has 0 saturated carbocycles. The first-order valence-electron chi connectivity index (χ1n) is 6.68. The van der Waals surface area contributed by atoms with E-state index < -0.39 is 10.0 Å². The van der Waals surface area contributed by atoms with Gasteiger partial charge >= 0.3 is 0 Å². The number of nitrogens with zero attached hydrogens (tertiary/aromatic N) is 1. The lowest BCUT2D eigenvalue weighted by atomic mass is 10.1. The van der Waals surface area contributed by atoms with Gasteiger partial charge < -0.3 is 5.73 Å². The molecule has 1 rings (SSSR count). The molecule has 0 aromatic heterocycles. The number of sulfonamides is 1. The van der Waals surface area contributed by atoms with Crippen molar-refractivity contribution < 1.29 is 8.42 Å². The van der Waals surface area contributed by atoms with Crippen LogP contribution in [0.1, 0.15) is 20.8 Å². The van der Waals surface area contributed by atoms with Gasteiger partial charge in [0.15, 0.2) is 0 Å². The molecule has 0 saturated heterocycles. The Morgan fingerprint density at radius 3 is 2.50 bits per heavy atom. The minimum absolute atomic E-state index is 0.0115. The lowest BCUT2D eigenvalue weighted by Gasteiger charge is -2.27. The molecule has 0 spiro atoms. The first kappa shape index (κ1) is 17.3. The number of anilines is 1. The Labute approximate surface area is 126 Å². The molecule has 1 atom stereocenters. The van der Waals surface area contributed by atoms with Crippen LogP contribution in [0.5, 0.6) is 0 Å². The minimum Gasteiger partial charge on any atom is -0.399 e. The highest BCUT2D eigenvalue weighted by atomic mass is 32.2. The Hall–Kier alpha value is -0.720. The molecule has 20 heavy (non-hydrogen) atoms. The molecule has 0 fully saturated rings. The summed E-state index contributed by atoms with van der Waals surface area (Å²) in [5, 5.41) is 0. The highest BCUT2D eigenvalue weighted by Crippen LogP contribution is 2.21. The zero-order chi connectivity index (χ0) is 15.3. The van der Waals surface area contributed by atoms with Gasteiger partial charge in [0.25, 0.3) is 0 Å². The van der Waals surface area contributed by atoms with Crippen LogP contribution in [-0.4, -0.2) is 37.3 Å². The predicted molar refractivity (Wildman–Crippen MR) is 87.4 cm³/mol. The van der Waals surface area contributed by atoms with Gasteiger partial charge in [0.1, 0.15) is 0 Å². The summed E-state index contributed by atoms with van der Waals surface area (Å²) >= 11 is 1.51.